The first-order chi connectivity index (χ1) is 9.34. The second-order valence-electron chi connectivity index (χ2n) is 5.98. The summed E-state index contributed by atoms with van der Waals surface area (Å²) in [5, 5.41) is 0. The first kappa shape index (κ1) is 12.7. The van der Waals surface area contributed by atoms with Crippen LogP contribution in [0.1, 0.15) is 44.1 Å². The monoisotopic (exact) mass is 257 g/mol. The molecule has 1 aromatic carbocycles. The summed E-state index contributed by atoms with van der Waals surface area (Å²) in [6.07, 6.45) is 8.26. The highest BCUT2D eigenvalue weighted by Gasteiger charge is 2.36. The van der Waals surface area contributed by atoms with Gasteiger partial charge in [0.1, 0.15) is 0 Å². The van der Waals surface area contributed by atoms with E-state index in [2.05, 4.69) is 29.2 Å². The first-order valence-corrected chi connectivity index (χ1v) is 7.69. The lowest BCUT2D eigenvalue weighted by Gasteiger charge is -2.29. The van der Waals surface area contributed by atoms with Gasteiger partial charge < -0.3 is 4.90 Å². The van der Waals surface area contributed by atoms with Crippen LogP contribution in [0, 0.1) is 5.92 Å². The number of hydrogen-bond acceptors (Lipinski definition) is 1. The molecule has 0 aliphatic heterocycles. The molecule has 2 heteroatoms. The largest absolute Gasteiger partial charge is 0.339 e. The van der Waals surface area contributed by atoms with Gasteiger partial charge in [0.25, 0.3) is 0 Å². The number of amides is 1. The normalized spacial score (nSPS) is 19.6. The Bertz CT molecular complexity index is 418. The molecule has 0 N–H and O–H groups in total. The van der Waals surface area contributed by atoms with Crippen molar-refractivity contribution < 1.29 is 4.79 Å². The highest BCUT2D eigenvalue weighted by Crippen LogP contribution is 2.34. The summed E-state index contributed by atoms with van der Waals surface area (Å²) in [4.78, 5) is 14.6. The van der Waals surface area contributed by atoms with E-state index in [1.807, 2.05) is 6.07 Å². The van der Waals surface area contributed by atoms with E-state index in [0.29, 0.717) is 17.9 Å². The molecule has 0 atom stereocenters. The Labute approximate surface area is 115 Å². The third-order valence-corrected chi connectivity index (χ3v) is 4.46. The van der Waals surface area contributed by atoms with Crippen molar-refractivity contribution in [2.24, 2.45) is 5.92 Å². The summed E-state index contributed by atoms with van der Waals surface area (Å²) in [6, 6.07) is 11.1. The molecular formula is C17H23NO. The lowest BCUT2D eigenvalue weighted by molar-refractivity contribution is -0.134. The van der Waals surface area contributed by atoms with Gasteiger partial charge in [-0.25, -0.2) is 0 Å². The summed E-state index contributed by atoms with van der Waals surface area (Å²) >= 11 is 0. The fourth-order valence-corrected chi connectivity index (χ4v) is 3.15. The zero-order valence-corrected chi connectivity index (χ0v) is 11.6. The van der Waals surface area contributed by atoms with Gasteiger partial charge in [0.2, 0.25) is 5.91 Å². The summed E-state index contributed by atoms with van der Waals surface area (Å²) in [6.45, 7) is 0.907. The average Bonchev–Trinajstić information content (AvgIpc) is 3.17. The molecule has 1 amide bonds. The third-order valence-electron chi connectivity index (χ3n) is 4.46. The minimum Gasteiger partial charge on any atom is -0.339 e. The molecule has 0 saturated heterocycles. The number of hydrogen-bond donors (Lipinski definition) is 0. The Morgan fingerprint density at radius 3 is 2.37 bits per heavy atom. The SMILES string of the molecule is O=C(C1CC1)N(CCc1ccccc1)C1CCCC1. The second-order valence-corrected chi connectivity index (χ2v) is 5.98. The third kappa shape index (κ3) is 3.17. The van der Waals surface area contributed by atoms with Crippen molar-refractivity contribution in [1.82, 2.24) is 4.90 Å². The van der Waals surface area contributed by atoms with Crippen LogP contribution in [-0.2, 0) is 11.2 Å². The summed E-state index contributed by atoms with van der Waals surface area (Å²) in [5.74, 6) is 0.791. The standard InChI is InChI=1S/C17H23NO/c19-17(15-10-11-15)18(16-8-4-5-9-16)13-12-14-6-2-1-3-7-14/h1-3,6-7,15-16H,4-5,8-13H2. The minimum atomic E-state index is 0.358. The maximum atomic E-state index is 12.4. The quantitative estimate of drug-likeness (QED) is 0.791. The first-order valence-electron chi connectivity index (χ1n) is 7.69. The summed E-state index contributed by atoms with van der Waals surface area (Å²) < 4.78 is 0. The number of carbonyl (C=O) groups is 1. The molecule has 2 aliphatic rings. The van der Waals surface area contributed by atoms with E-state index in [0.717, 1.165) is 25.8 Å². The van der Waals surface area contributed by atoms with Crippen LogP contribution < -0.4 is 0 Å². The van der Waals surface area contributed by atoms with Crippen molar-refractivity contribution in [3.05, 3.63) is 35.9 Å². The second kappa shape index (κ2) is 5.77. The zero-order chi connectivity index (χ0) is 13.1. The van der Waals surface area contributed by atoms with Crippen molar-refractivity contribution in [3.63, 3.8) is 0 Å². The summed E-state index contributed by atoms with van der Waals surface area (Å²) in [5.41, 5.74) is 1.34. The molecule has 3 rings (SSSR count). The van der Waals surface area contributed by atoms with Crippen molar-refractivity contribution in [3.8, 4) is 0 Å². The van der Waals surface area contributed by atoms with E-state index >= 15 is 0 Å². The maximum absolute atomic E-state index is 12.4. The molecule has 0 unspecified atom stereocenters. The molecule has 2 aliphatic carbocycles. The van der Waals surface area contributed by atoms with Crippen LogP contribution in [0.2, 0.25) is 0 Å². The Kier molecular flexibility index (Phi) is 3.86. The Morgan fingerprint density at radius 2 is 1.74 bits per heavy atom. The van der Waals surface area contributed by atoms with Crippen molar-refractivity contribution in [2.75, 3.05) is 6.54 Å². The molecule has 2 saturated carbocycles. The molecule has 2 nitrogen and oxygen atoms in total. The molecule has 0 radical (unpaired) electrons. The Morgan fingerprint density at radius 1 is 1.05 bits per heavy atom. The van der Waals surface area contributed by atoms with Crippen LogP contribution in [0.25, 0.3) is 0 Å². The highest BCUT2D eigenvalue weighted by molar-refractivity contribution is 5.81. The van der Waals surface area contributed by atoms with Crippen molar-refractivity contribution >= 4 is 5.91 Å². The molecule has 102 valence electrons. The van der Waals surface area contributed by atoms with E-state index < -0.39 is 0 Å². The van der Waals surface area contributed by atoms with E-state index in [4.69, 9.17) is 0 Å². The van der Waals surface area contributed by atoms with Gasteiger partial charge in [-0.05, 0) is 37.7 Å². The van der Waals surface area contributed by atoms with Gasteiger partial charge in [-0.1, -0.05) is 43.2 Å². The molecule has 0 heterocycles. The van der Waals surface area contributed by atoms with Crippen LogP contribution in [-0.4, -0.2) is 23.4 Å². The van der Waals surface area contributed by atoms with E-state index in [-0.39, 0.29) is 0 Å². The van der Waals surface area contributed by atoms with Gasteiger partial charge in [0, 0.05) is 18.5 Å². The molecule has 1 aromatic rings. The van der Waals surface area contributed by atoms with Gasteiger partial charge in [0.05, 0.1) is 0 Å². The fourth-order valence-electron chi connectivity index (χ4n) is 3.15. The van der Waals surface area contributed by atoms with Gasteiger partial charge in [-0.2, -0.15) is 0 Å². The molecule has 0 bridgehead atoms. The van der Waals surface area contributed by atoms with E-state index in [1.165, 1.54) is 31.2 Å². The molecule has 0 spiro atoms. The van der Waals surface area contributed by atoms with Gasteiger partial charge in [0.15, 0.2) is 0 Å². The lowest BCUT2D eigenvalue weighted by atomic mass is 10.1. The van der Waals surface area contributed by atoms with Crippen LogP contribution in [0.15, 0.2) is 30.3 Å². The van der Waals surface area contributed by atoms with Crippen molar-refractivity contribution in [1.29, 1.82) is 0 Å². The van der Waals surface area contributed by atoms with Crippen LogP contribution in [0.4, 0.5) is 0 Å². The van der Waals surface area contributed by atoms with Crippen molar-refractivity contribution in [2.45, 2.75) is 51.0 Å². The highest BCUT2D eigenvalue weighted by atomic mass is 16.2. The molecular weight excluding hydrogens is 234 g/mol. The average molecular weight is 257 g/mol. The predicted octanol–water partition coefficient (Wildman–Crippen LogP) is 3.41. The number of carbonyl (C=O) groups excluding carboxylic acids is 1. The lowest BCUT2D eigenvalue weighted by Crippen LogP contribution is -2.41. The minimum absolute atomic E-state index is 0.358. The fraction of sp³-hybridized carbons (Fsp3) is 0.588. The van der Waals surface area contributed by atoms with Crippen LogP contribution in [0.5, 0.6) is 0 Å². The van der Waals surface area contributed by atoms with Gasteiger partial charge >= 0.3 is 0 Å². The molecule has 2 fully saturated rings. The Balaban J connectivity index is 1.63. The number of rotatable bonds is 5. The smallest absolute Gasteiger partial charge is 0.225 e. The van der Waals surface area contributed by atoms with Gasteiger partial charge in [-0.3, -0.25) is 4.79 Å². The Hall–Kier alpha value is -1.31. The summed E-state index contributed by atoms with van der Waals surface area (Å²) in [7, 11) is 0. The number of benzene rings is 1. The molecule has 19 heavy (non-hydrogen) atoms. The van der Waals surface area contributed by atoms with Gasteiger partial charge in [-0.15, -0.1) is 0 Å². The predicted molar refractivity (Wildman–Crippen MR) is 76.8 cm³/mol. The van der Waals surface area contributed by atoms with E-state index in [9.17, 15) is 4.79 Å². The maximum Gasteiger partial charge on any atom is 0.225 e. The number of nitrogens with zero attached hydrogens (tertiary/aromatic N) is 1. The van der Waals surface area contributed by atoms with Crippen LogP contribution >= 0.6 is 0 Å². The topological polar surface area (TPSA) is 20.3 Å². The van der Waals surface area contributed by atoms with E-state index in [1.54, 1.807) is 0 Å². The van der Waals surface area contributed by atoms with Crippen LogP contribution in [0.3, 0.4) is 0 Å². The zero-order valence-electron chi connectivity index (χ0n) is 11.6. The molecule has 0 aromatic heterocycles.